The summed E-state index contributed by atoms with van der Waals surface area (Å²) in [5, 5.41) is 19.7. The van der Waals surface area contributed by atoms with Gasteiger partial charge in [0.1, 0.15) is 10.6 Å². The first-order valence-corrected chi connectivity index (χ1v) is 8.16. The predicted molar refractivity (Wildman–Crippen MR) is 101 cm³/mol. The van der Waals surface area contributed by atoms with Gasteiger partial charge in [0.25, 0.3) is 17.2 Å². The molecule has 0 aliphatic carbocycles. The van der Waals surface area contributed by atoms with E-state index in [0.717, 1.165) is 6.07 Å². The zero-order valence-electron chi connectivity index (χ0n) is 14.0. The summed E-state index contributed by atoms with van der Waals surface area (Å²) in [6.45, 7) is 1.67. The van der Waals surface area contributed by atoms with Gasteiger partial charge in [-0.3, -0.25) is 19.7 Å². The molecule has 2 N–H and O–H groups in total. The first-order chi connectivity index (χ1) is 12.9. The molecule has 0 fully saturated rings. The average Bonchev–Trinajstić information content (AvgIpc) is 2.65. The highest BCUT2D eigenvalue weighted by Crippen LogP contribution is 2.28. The van der Waals surface area contributed by atoms with E-state index in [2.05, 4.69) is 15.5 Å². The van der Waals surface area contributed by atoms with Crippen molar-refractivity contribution in [2.45, 2.75) is 6.92 Å². The molecule has 1 heterocycles. The van der Waals surface area contributed by atoms with Gasteiger partial charge in [-0.05, 0) is 24.6 Å². The molecule has 2 aromatic carbocycles. The molecule has 0 bridgehead atoms. The third kappa shape index (κ3) is 3.70. The molecule has 0 spiro atoms. The van der Waals surface area contributed by atoms with Gasteiger partial charge in [0.2, 0.25) is 0 Å². The van der Waals surface area contributed by atoms with E-state index in [0.29, 0.717) is 16.8 Å². The minimum absolute atomic E-state index is 0.0550. The minimum atomic E-state index is -0.711. The van der Waals surface area contributed by atoms with Crippen molar-refractivity contribution in [3.05, 3.63) is 85.3 Å². The number of nitrogens with one attached hydrogen (secondary N) is 2. The summed E-state index contributed by atoms with van der Waals surface area (Å²) in [5.41, 5.74) is 0.502. The number of hydrogen-bond donors (Lipinski definition) is 2. The summed E-state index contributed by atoms with van der Waals surface area (Å²) >= 11 is 5.78. The Morgan fingerprint density at radius 3 is 2.59 bits per heavy atom. The monoisotopic (exact) mass is 384 g/mol. The minimum Gasteiger partial charge on any atom is -0.322 e. The Bertz CT molecular complexity index is 1100. The Balaban J connectivity index is 2.06. The van der Waals surface area contributed by atoms with Crippen LogP contribution in [0.3, 0.4) is 0 Å². The number of halogens is 1. The Labute approximate surface area is 158 Å². The zero-order chi connectivity index (χ0) is 19.6. The lowest BCUT2D eigenvalue weighted by molar-refractivity contribution is -0.384. The van der Waals surface area contributed by atoms with Gasteiger partial charge in [-0.25, -0.2) is 5.10 Å². The van der Waals surface area contributed by atoms with Gasteiger partial charge in [-0.1, -0.05) is 41.9 Å². The summed E-state index contributed by atoms with van der Waals surface area (Å²) in [6, 6.07) is 12.7. The number of H-pyrrole nitrogens is 1. The molecule has 3 aromatic rings. The van der Waals surface area contributed by atoms with Gasteiger partial charge in [-0.15, -0.1) is 0 Å². The average molecular weight is 385 g/mol. The number of anilines is 1. The largest absolute Gasteiger partial charge is 0.322 e. The number of amides is 1. The number of hydrogen-bond acceptors (Lipinski definition) is 5. The van der Waals surface area contributed by atoms with Crippen molar-refractivity contribution < 1.29 is 9.72 Å². The summed E-state index contributed by atoms with van der Waals surface area (Å²) in [4.78, 5) is 35.5. The maximum Gasteiger partial charge on any atom is 0.289 e. The molecular weight excluding hydrogens is 372 g/mol. The number of nitrogens with zero attached hydrogens (tertiary/aromatic N) is 2. The smallest absolute Gasteiger partial charge is 0.289 e. The predicted octanol–water partition coefficient (Wildman–Crippen LogP) is 3.56. The summed E-state index contributed by atoms with van der Waals surface area (Å²) in [7, 11) is 0. The van der Waals surface area contributed by atoms with E-state index in [4.69, 9.17) is 11.6 Å². The molecule has 136 valence electrons. The molecule has 0 aliphatic rings. The number of carbonyl (C=O) groups excluding carboxylic acids is 1. The van der Waals surface area contributed by atoms with Crippen molar-refractivity contribution in [2.24, 2.45) is 0 Å². The maximum atomic E-state index is 12.8. The van der Waals surface area contributed by atoms with E-state index in [9.17, 15) is 19.7 Å². The summed E-state index contributed by atoms with van der Waals surface area (Å²) in [5.74, 6) is -0.711. The molecule has 0 saturated heterocycles. The lowest BCUT2D eigenvalue weighted by atomic mass is 9.99. The molecule has 0 saturated carbocycles. The van der Waals surface area contributed by atoms with Crippen molar-refractivity contribution in [2.75, 3.05) is 5.32 Å². The molecule has 8 nitrogen and oxygen atoms in total. The van der Waals surface area contributed by atoms with E-state index in [1.165, 1.54) is 12.1 Å². The summed E-state index contributed by atoms with van der Waals surface area (Å²) < 4.78 is 0. The van der Waals surface area contributed by atoms with E-state index in [1.807, 2.05) is 6.07 Å². The normalized spacial score (nSPS) is 10.4. The maximum absolute atomic E-state index is 12.8. The lowest BCUT2D eigenvalue weighted by Gasteiger charge is -2.11. The molecule has 27 heavy (non-hydrogen) atoms. The fourth-order valence-electron chi connectivity index (χ4n) is 2.64. The quantitative estimate of drug-likeness (QED) is 0.526. The molecule has 1 amide bonds. The number of rotatable bonds is 4. The van der Waals surface area contributed by atoms with Gasteiger partial charge < -0.3 is 5.32 Å². The number of aryl methyl sites for hydroxylation is 1. The van der Waals surface area contributed by atoms with Crippen LogP contribution in [0.4, 0.5) is 11.4 Å². The zero-order valence-corrected chi connectivity index (χ0v) is 14.8. The lowest BCUT2D eigenvalue weighted by Crippen LogP contribution is -2.26. The topological polar surface area (TPSA) is 118 Å². The molecule has 9 heteroatoms. The van der Waals surface area contributed by atoms with E-state index >= 15 is 0 Å². The SMILES string of the molecule is Cc1n[nH]c(=O)c(C(=O)Nc2ccc(Cl)c([N+](=O)[O-])c2)c1-c1ccccc1. The first kappa shape index (κ1) is 18.3. The van der Waals surface area contributed by atoms with Gasteiger partial charge in [0.05, 0.1) is 10.6 Å². The van der Waals surface area contributed by atoms with Crippen LogP contribution in [0, 0.1) is 17.0 Å². The fourth-order valence-corrected chi connectivity index (χ4v) is 2.83. The number of carbonyl (C=O) groups is 1. The van der Waals surface area contributed by atoms with E-state index in [-0.39, 0.29) is 22.0 Å². The van der Waals surface area contributed by atoms with Gasteiger partial charge in [-0.2, -0.15) is 5.10 Å². The third-order valence-corrected chi connectivity index (χ3v) is 4.17. The third-order valence-electron chi connectivity index (χ3n) is 3.85. The molecule has 0 unspecified atom stereocenters. The number of aromatic amines is 1. The Morgan fingerprint density at radius 1 is 1.22 bits per heavy atom. The van der Waals surface area contributed by atoms with Gasteiger partial charge in [0, 0.05) is 17.3 Å². The van der Waals surface area contributed by atoms with E-state index < -0.39 is 16.4 Å². The molecule has 0 radical (unpaired) electrons. The number of benzene rings is 2. The van der Waals surface area contributed by atoms with Gasteiger partial charge >= 0.3 is 0 Å². The standard InChI is InChI=1S/C18H13ClN4O4/c1-10-15(11-5-3-2-4-6-11)16(18(25)22-21-10)17(24)20-12-7-8-13(19)14(9-12)23(26)27/h2-9H,1H3,(H,20,24)(H,22,25). The Morgan fingerprint density at radius 2 is 1.93 bits per heavy atom. The van der Waals surface area contributed by atoms with Crippen LogP contribution >= 0.6 is 11.6 Å². The molecule has 0 aliphatic heterocycles. The fraction of sp³-hybridized carbons (Fsp3) is 0.0556. The van der Waals surface area contributed by atoms with Crippen LogP contribution in [0.1, 0.15) is 16.1 Å². The molecule has 1 aromatic heterocycles. The Hall–Kier alpha value is -3.52. The van der Waals surface area contributed by atoms with Crippen LogP contribution in [-0.4, -0.2) is 21.0 Å². The molecule has 0 atom stereocenters. The van der Waals surface area contributed by atoms with Crippen molar-refractivity contribution in [1.82, 2.24) is 10.2 Å². The second-order valence-corrected chi connectivity index (χ2v) is 6.04. The van der Waals surface area contributed by atoms with Crippen LogP contribution in [0.25, 0.3) is 11.1 Å². The number of nitro groups is 1. The molecule has 3 rings (SSSR count). The Kier molecular flexibility index (Phi) is 5.00. The van der Waals surface area contributed by atoms with Crippen LogP contribution < -0.4 is 10.9 Å². The van der Waals surface area contributed by atoms with Crippen molar-refractivity contribution >= 4 is 28.9 Å². The van der Waals surface area contributed by atoms with E-state index in [1.54, 1.807) is 31.2 Å². The highest BCUT2D eigenvalue weighted by atomic mass is 35.5. The van der Waals surface area contributed by atoms with Crippen LogP contribution in [0.15, 0.2) is 53.3 Å². The second kappa shape index (κ2) is 7.38. The second-order valence-electron chi connectivity index (χ2n) is 5.63. The highest BCUT2D eigenvalue weighted by Gasteiger charge is 2.21. The van der Waals surface area contributed by atoms with Crippen molar-refractivity contribution in [3.63, 3.8) is 0 Å². The number of aromatic nitrogens is 2. The summed E-state index contributed by atoms with van der Waals surface area (Å²) in [6.07, 6.45) is 0. The number of nitro benzene ring substituents is 1. The van der Waals surface area contributed by atoms with Crippen molar-refractivity contribution in [1.29, 1.82) is 0 Å². The van der Waals surface area contributed by atoms with Crippen molar-refractivity contribution in [3.8, 4) is 11.1 Å². The van der Waals surface area contributed by atoms with Gasteiger partial charge in [0.15, 0.2) is 0 Å². The molecular formula is C18H13ClN4O4. The first-order valence-electron chi connectivity index (χ1n) is 7.78. The van der Waals surface area contributed by atoms with Crippen LogP contribution in [0.2, 0.25) is 5.02 Å². The van der Waals surface area contributed by atoms with Crippen LogP contribution in [0.5, 0.6) is 0 Å². The van der Waals surface area contributed by atoms with Crippen LogP contribution in [-0.2, 0) is 0 Å². The highest BCUT2D eigenvalue weighted by molar-refractivity contribution is 6.32.